The minimum atomic E-state index is 0.209. The maximum Gasteiger partial charge on any atom is 0.0966 e. The van der Waals surface area contributed by atoms with Gasteiger partial charge in [0, 0.05) is 0 Å². The highest BCUT2D eigenvalue weighted by Crippen LogP contribution is 2.48. The lowest BCUT2D eigenvalue weighted by Gasteiger charge is -2.28. The van der Waals surface area contributed by atoms with Crippen LogP contribution < -0.4 is 0 Å². The minimum Gasteiger partial charge on any atom is -0.369 e. The Hall–Kier alpha value is -0.0400. The number of rotatable bonds is 2. The Morgan fingerprint density at radius 2 is 1.82 bits per heavy atom. The summed E-state index contributed by atoms with van der Waals surface area (Å²) in [4.78, 5) is 0. The van der Waals surface area contributed by atoms with Crippen molar-refractivity contribution in [2.45, 2.75) is 46.6 Å². The Morgan fingerprint density at radius 3 is 1.91 bits per heavy atom. The number of epoxide rings is 1. The zero-order valence-electron chi connectivity index (χ0n) is 8.40. The third-order valence-electron chi connectivity index (χ3n) is 2.60. The minimum absolute atomic E-state index is 0.209. The average molecular weight is 156 g/mol. The van der Waals surface area contributed by atoms with Crippen molar-refractivity contribution in [3.05, 3.63) is 0 Å². The normalized spacial score (nSPS) is 31.1. The zero-order chi connectivity index (χ0) is 8.70. The Bertz CT molecular complexity index is 137. The first-order valence-electron chi connectivity index (χ1n) is 4.51. The summed E-state index contributed by atoms with van der Waals surface area (Å²) >= 11 is 0. The Labute approximate surface area is 70.1 Å². The fourth-order valence-corrected chi connectivity index (χ4v) is 1.60. The van der Waals surface area contributed by atoms with E-state index in [0.29, 0.717) is 5.41 Å². The van der Waals surface area contributed by atoms with Crippen molar-refractivity contribution in [2.75, 3.05) is 6.61 Å². The average Bonchev–Trinajstić information content (AvgIpc) is 2.42. The van der Waals surface area contributed by atoms with Crippen LogP contribution in [-0.4, -0.2) is 12.2 Å². The van der Waals surface area contributed by atoms with Crippen LogP contribution in [0, 0.1) is 11.3 Å². The molecule has 1 rings (SSSR count). The fraction of sp³-hybridized carbons (Fsp3) is 1.00. The van der Waals surface area contributed by atoms with Crippen molar-refractivity contribution in [1.82, 2.24) is 0 Å². The van der Waals surface area contributed by atoms with Crippen LogP contribution in [0.1, 0.15) is 41.0 Å². The molecule has 1 saturated heterocycles. The highest BCUT2D eigenvalue weighted by molar-refractivity contribution is 5.01. The first-order chi connectivity index (χ1) is 4.87. The van der Waals surface area contributed by atoms with Gasteiger partial charge in [-0.1, -0.05) is 34.6 Å². The molecule has 0 aromatic heterocycles. The summed E-state index contributed by atoms with van der Waals surface area (Å²) in [5.41, 5.74) is 0.526. The van der Waals surface area contributed by atoms with E-state index in [-0.39, 0.29) is 5.60 Å². The molecular formula is C10H20O. The molecule has 1 atom stereocenters. The van der Waals surface area contributed by atoms with Gasteiger partial charge in [-0.2, -0.15) is 0 Å². The van der Waals surface area contributed by atoms with Gasteiger partial charge in [-0.25, -0.2) is 0 Å². The molecule has 0 spiro atoms. The lowest BCUT2D eigenvalue weighted by molar-refractivity contribution is 0.130. The van der Waals surface area contributed by atoms with E-state index in [1.165, 1.54) is 6.42 Å². The summed E-state index contributed by atoms with van der Waals surface area (Å²) in [5.74, 6) is 0.747. The molecule has 1 heterocycles. The molecule has 1 heteroatoms. The zero-order valence-corrected chi connectivity index (χ0v) is 8.40. The highest BCUT2D eigenvalue weighted by atomic mass is 16.6. The second kappa shape index (κ2) is 2.48. The van der Waals surface area contributed by atoms with Crippen molar-refractivity contribution < 1.29 is 4.74 Å². The van der Waals surface area contributed by atoms with E-state index in [2.05, 4.69) is 34.6 Å². The molecule has 0 aromatic carbocycles. The monoisotopic (exact) mass is 156 g/mol. The van der Waals surface area contributed by atoms with Crippen molar-refractivity contribution in [1.29, 1.82) is 0 Å². The van der Waals surface area contributed by atoms with E-state index in [1.807, 2.05) is 0 Å². The van der Waals surface area contributed by atoms with Gasteiger partial charge < -0.3 is 4.74 Å². The lowest BCUT2D eigenvalue weighted by atomic mass is 9.76. The Morgan fingerprint density at radius 1 is 1.36 bits per heavy atom. The first-order valence-corrected chi connectivity index (χ1v) is 4.51. The molecule has 0 radical (unpaired) electrons. The van der Waals surface area contributed by atoms with Crippen molar-refractivity contribution >= 4 is 0 Å². The molecule has 1 nitrogen and oxygen atoms in total. The van der Waals surface area contributed by atoms with Gasteiger partial charge in [0.05, 0.1) is 12.2 Å². The molecule has 1 aliphatic heterocycles. The topological polar surface area (TPSA) is 12.5 Å². The van der Waals surface area contributed by atoms with Gasteiger partial charge in [-0.05, 0) is 17.8 Å². The van der Waals surface area contributed by atoms with Crippen LogP contribution in [0.25, 0.3) is 0 Å². The maximum absolute atomic E-state index is 5.57. The van der Waals surface area contributed by atoms with Gasteiger partial charge in [0.1, 0.15) is 0 Å². The van der Waals surface area contributed by atoms with Crippen molar-refractivity contribution in [3.63, 3.8) is 0 Å². The molecule has 0 amide bonds. The third kappa shape index (κ3) is 1.76. The SMILES string of the molecule is CC(C)CC1(C(C)(C)C)CO1. The number of ether oxygens (including phenoxy) is 1. The van der Waals surface area contributed by atoms with Crippen LogP contribution in [0.5, 0.6) is 0 Å². The molecule has 0 bridgehead atoms. The van der Waals surface area contributed by atoms with E-state index >= 15 is 0 Å². The molecular weight excluding hydrogens is 136 g/mol. The Balaban J connectivity index is 2.54. The van der Waals surface area contributed by atoms with Crippen molar-refractivity contribution in [2.24, 2.45) is 11.3 Å². The van der Waals surface area contributed by atoms with Crippen LogP contribution in [0.15, 0.2) is 0 Å². The van der Waals surface area contributed by atoms with E-state index in [0.717, 1.165) is 12.5 Å². The van der Waals surface area contributed by atoms with Crippen LogP contribution in [0.2, 0.25) is 0 Å². The maximum atomic E-state index is 5.57. The van der Waals surface area contributed by atoms with Gasteiger partial charge in [0.15, 0.2) is 0 Å². The van der Waals surface area contributed by atoms with Gasteiger partial charge in [-0.3, -0.25) is 0 Å². The summed E-state index contributed by atoms with van der Waals surface area (Å²) in [7, 11) is 0. The summed E-state index contributed by atoms with van der Waals surface area (Å²) < 4.78 is 5.57. The van der Waals surface area contributed by atoms with E-state index in [1.54, 1.807) is 0 Å². The standard InChI is InChI=1S/C10H20O/c1-8(2)6-10(7-11-10)9(3,4)5/h8H,6-7H2,1-5H3. The van der Waals surface area contributed by atoms with Crippen molar-refractivity contribution in [3.8, 4) is 0 Å². The summed E-state index contributed by atoms with van der Waals surface area (Å²) in [6.07, 6.45) is 1.20. The predicted molar refractivity (Wildman–Crippen MR) is 47.6 cm³/mol. The van der Waals surface area contributed by atoms with Crippen LogP contribution in [0.4, 0.5) is 0 Å². The van der Waals surface area contributed by atoms with Gasteiger partial charge >= 0.3 is 0 Å². The smallest absolute Gasteiger partial charge is 0.0966 e. The second-order valence-corrected chi connectivity index (χ2v) is 5.13. The third-order valence-corrected chi connectivity index (χ3v) is 2.60. The predicted octanol–water partition coefficient (Wildman–Crippen LogP) is 2.85. The molecule has 1 fully saturated rings. The molecule has 0 saturated carbocycles. The van der Waals surface area contributed by atoms with E-state index in [9.17, 15) is 0 Å². The van der Waals surface area contributed by atoms with Gasteiger partial charge in [-0.15, -0.1) is 0 Å². The highest BCUT2D eigenvalue weighted by Gasteiger charge is 2.53. The van der Waals surface area contributed by atoms with Gasteiger partial charge in [0.25, 0.3) is 0 Å². The number of hydrogen-bond donors (Lipinski definition) is 0. The van der Waals surface area contributed by atoms with Crippen LogP contribution in [0.3, 0.4) is 0 Å². The molecule has 0 N–H and O–H groups in total. The molecule has 0 aliphatic carbocycles. The molecule has 1 unspecified atom stereocenters. The largest absolute Gasteiger partial charge is 0.369 e. The molecule has 66 valence electrons. The summed E-state index contributed by atoms with van der Waals surface area (Å²) in [5, 5.41) is 0. The second-order valence-electron chi connectivity index (χ2n) is 5.13. The van der Waals surface area contributed by atoms with Gasteiger partial charge in [0.2, 0.25) is 0 Å². The first kappa shape index (κ1) is 9.05. The van der Waals surface area contributed by atoms with E-state index in [4.69, 9.17) is 4.74 Å². The summed E-state index contributed by atoms with van der Waals surface area (Å²) in [6, 6.07) is 0. The van der Waals surface area contributed by atoms with Crippen LogP contribution >= 0.6 is 0 Å². The lowest BCUT2D eigenvalue weighted by Crippen LogP contribution is -2.31. The molecule has 0 aromatic rings. The summed E-state index contributed by atoms with van der Waals surface area (Å²) in [6.45, 7) is 12.3. The molecule has 11 heavy (non-hydrogen) atoms. The van der Waals surface area contributed by atoms with E-state index < -0.39 is 0 Å². The van der Waals surface area contributed by atoms with Crippen LogP contribution in [-0.2, 0) is 4.74 Å². The Kier molecular flexibility index (Phi) is 2.04. The molecule has 1 aliphatic rings. The fourth-order valence-electron chi connectivity index (χ4n) is 1.60. The number of hydrogen-bond acceptors (Lipinski definition) is 1. The quantitative estimate of drug-likeness (QED) is 0.560.